The van der Waals surface area contributed by atoms with E-state index in [0.29, 0.717) is 35.4 Å². The molecule has 0 amide bonds. The number of fused-ring (bicyclic) bond motifs is 5. The maximum absolute atomic E-state index is 13.0. The van der Waals surface area contributed by atoms with Gasteiger partial charge < -0.3 is 4.57 Å². The first kappa shape index (κ1) is 15.6. The monoisotopic (exact) mass is 401 g/mol. The van der Waals surface area contributed by atoms with Gasteiger partial charge in [-0.3, -0.25) is 9.59 Å². The van der Waals surface area contributed by atoms with E-state index in [1.54, 1.807) is 10.6 Å². The average molecular weight is 403 g/mol. The van der Waals surface area contributed by atoms with Crippen LogP contribution in [0.3, 0.4) is 0 Å². The van der Waals surface area contributed by atoms with E-state index < -0.39 is 0 Å². The quantitative estimate of drug-likeness (QED) is 0.470. The first-order valence-electron chi connectivity index (χ1n) is 7.69. The van der Waals surface area contributed by atoms with Gasteiger partial charge in [-0.05, 0) is 24.6 Å². The number of halogens is 2. The number of hydrogen-bond acceptors (Lipinski definition) is 2. The Labute approximate surface area is 152 Å². The molecule has 5 heteroatoms. The second-order valence-corrected chi connectivity index (χ2v) is 7.08. The lowest BCUT2D eigenvalue weighted by Gasteiger charge is -2.14. The molecule has 0 aliphatic heterocycles. The van der Waals surface area contributed by atoms with Gasteiger partial charge in [-0.25, -0.2) is 0 Å². The van der Waals surface area contributed by atoms with Crippen LogP contribution in [0.15, 0.2) is 51.7 Å². The van der Waals surface area contributed by atoms with Crippen molar-refractivity contribution in [3.05, 3.63) is 68.4 Å². The minimum Gasteiger partial charge on any atom is -0.307 e. The molecule has 1 aromatic heterocycles. The molecule has 0 bridgehead atoms. The molecule has 0 spiro atoms. The van der Waals surface area contributed by atoms with Gasteiger partial charge in [0.05, 0.1) is 11.3 Å². The summed E-state index contributed by atoms with van der Waals surface area (Å²) < 4.78 is 2.55. The van der Waals surface area contributed by atoms with Crippen molar-refractivity contribution in [3.63, 3.8) is 0 Å². The zero-order valence-corrected chi connectivity index (χ0v) is 15.0. The molecule has 4 rings (SSSR count). The van der Waals surface area contributed by atoms with Crippen LogP contribution in [0.1, 0.15) is 22.3 Å². The predicted molar refractivity (Wildman–Crippen MR) is 100 cm³/mol. The molecule has 24 heavy (non-hydrogen) atoms. The Kier molecular flexibility index (Phi) is 3.82. The van der Waals surface area contributed by atoms with Gasteiger partial charge in [0.1, 0.15) is 0 Å². The summed E-state index contributed by atoms with van der Waals surface area (Å²) in [7, 11) is 0. The molecule has 0 N–H and O–H groups in total. The zero-order valence-electron chi connectivity index (χ0n) is 12.7. The number of aromatic nitrogens is 1. The van der Waals surface area contributed by atoms with E-state index in [9.17, 15) is 9.59 Å². The Bertz CT molecular complexity index is 1060. The van der Waals surface area contributed by atoms with Crippen LogP contribution in [0, 0.1) is 0 Å². The molecule has 0 saturated heterocycles. The van der Waals surface area contributed by atoms with E-state index in [4.69, 9.17) is 11.6 Å². The lowest BCUT2D eigenvalue weighted by atomic mass is 10.0. The van der Waals surface area contributed by atoms with Crippen LogP contribution in [0.5, 0.6) is 0 Å². The number of nitrogens with zero attached hydrogens (tertiary/aromatic N) is 1. The number of pyridine rings is 1. The summed E-state index contributed by atoms with van der Waals surface area (Å²) in [5, 5.41) is 1.29. The van der Waals surface area contributed by atoms with Crippen molar-refractivity contribution < 1.29 is 4.79 Å². The molecule has 3 nitrogen and oxygen atoms in total. The predicted octanol–water partition coefficient (Wildman–Crippen LogP) is 4.60. The summed E-state index contributed by atoms with van der Waals surface area (Å²) in [5.74, 6) is 0.437. The molecule has 3 aromatic rings. The molecular weight excluding hydrogens is 390 g/mol. The first-order chi connectivity index (χ1) is 11.6. The highest BCUT2D eigenvalue weighted by Gasteiger charge is 2.32. The number of carbonyl (C=O) groups is 1. The summed E-state index contributed by atoms with van der Waals surface area (Å²) in [6.07, 6.45) is 0.673. The van der Waals surface area contributed by atoms with E-state index in [1.165, 1.54) is 0 Å². The fourth-order valence-corrected chi connectivity index (χ4v) is 3.86. The Morgan fingerprint density at radius 3 is 2.50 bits per heavy atom. The normalized spacial score (nSPS) is 12.5. The molecule has 120 valence electrons. The summed E-state index contributed by atoms with van der Waals surface area (Å²) in [5.41, 5.74) is 2.72. The number of benzene rings is 2. The van der Waals surface area contributed by atoms with Gasteiger partial charge in [-0.1, -0.05) is 40.2 Å². The molecule has 0 fully saturated rings. The highest BCUT2D eigenvalue weighted by Crippen LogP contribution is 2.40. The van der Waals surface area contributed by atoms with Gasteiger partial charge in [0, 0.05) is 38.8 Å². The van der Waals surface area contributed by atoms with E-state index >= 15 is 0 Å². The number of carbonyl (C=O) groups excluding carboxylic acids is 1. The van der Waals surface area contributed by atoms with Crippen LogP contribution >= 0.6 is 27.5 Å². The third kappa shape index (κ3) is 2.17. The molecule has 1 aliphatic carbocycles. The van der Waals surface area contributed by atoms with Gasteiger partial charge in [0.2, 0.25) is 0 Å². The number of ketones is 1. The summed E-state index contributed by atoms with van der Waals surface area (Å²) >= 11 is 9.26. The van der Waals surface area contributed by atoms with Crippen LogP contribution in [-0.2, 0) is 6.54 Å². The van der Waals surface area contributed by atoms with Crippen LogP contribution < -0.4 is 5.56 Å². The van der Waals surface area contributed by atoms with Crippen molar-refractivity contribution in [2.45, 2.75) is 13.0 Å². The van der Waals surface area contributed by atoms with Crippen molar-refractivity contribution in [1.82, 2.24) is 4.57 Å². The Balaban J connectivity index is 2.15. The van der Waals surface area contributed by atoms with Crippen molar-refractivity contribution in [3.8, 4) is 11.3 Å². The third-order valence-electron chi connectivity index (χ3n) is 4.40. The number of hydrogen-bond donors (Lipinski definition) is 0. The van der Waals surface area contributed by atoms with Gasteiger partial charge in [0.25, 0.3) is 5.56 Å². The minimum atomic E-state index is -0.0713. The van der Waals surface area contributed by atoms with Gasteiger partial charge in [-0.15, -0.1) is 11.6 Å². The second kappa shape index (κ2) is 5.87. The first-order valence-corrected chi connectivity index (χ1v) is 9.02. The Hall–Kier alpha value is -1.91. The molecule has 0 radical (unpaired) electrons. The van der Waals surface area contributed by atoms with E-state index in [2.05, 4.69) is 15.9 Å². The largest absolute Gasteiger partial charge is 0.307 e. The maximum atomic E-state index is 13.0. The fourth-order valence-electron chi connectivity index (χ4n) is 3.38. The number of alkyl halides is 1. The smallest absolute Gasteiger partial charge is 0.258 e. The SMILES string of the molecule is O=C1c2cc(Br)ccc2-c2c1c1ccccc1c(=O)n2CCCCl. The lowest BCUT2D eigenvalue weighted by Crippen LogP contribution is -2.23. The standard InChI is InChI=1S/C19H13BrClNO2/c20-11-6-7-13-15(10-11)18(23)16-12-4-1-2-5-14(12)19(24)22(17(13)16)9-3-8-21/h1-2,4-7,10H,3,8-9H2. The van der Waals surface area contributed by atoms with Gasteiger partial charge >= 0.3 is 0 Å². The number of rotatable bonds is 3. The zero-order chi connectivity index (χ0) is 16.8. The second-order valence-electron chi connectivity index (χ2n) is 5.79. The average Bonchev–Trinajstić information content (AvgIpc) is 2.88. The summed E-state index contributed by atoms with van der Waals surface area (Å²) in [4.78, 5) is 26.0. The molecule has 2 aromatic carbocycles. The molecule has 0 unspecified atom stereocenters. The lowest BCUT2D eigenvalue weighted by molar-refractivity contribution is 0.104. The van der Waals surface area contributed by atoms with Crippen LogP contribution in [0.25, 0.3) is 22.0 Å². The van der Waals surface area contributed by atoms with Gasteiger partial charge in [-0.2, -0.15) is 0 Å². The Morgan fingerprint density at radius 1 is 1.00 bits per heavy atom. The molecule has 1 heterocycles. The maximum Gasteiger partial charge on any atom is 0.258 e. The van der Waals surface area contributed by atoms with Crippen molar-refractivity contribution in [1.29, 1.82) is 0 Å². The van der Waals surface area contributed by atoms with Crippen LogP contribution in [-0.4, -0.2) is 16.2 Å². The van der Waals surface area contributed by atoms with Crippen LogP contribution in [0.2, 0.25) is 0 Å². The molecule has 1 aliphatic rings. The van der Waals surface area contributed by atoms with E-state index in [-0.39, 0.29) is 11.3 Å². The van der Waals surface area contributed by atoms with Crippen LogP contribution in [0.4, 0.5) is 0 Å². The van der Waals surface area contributed by atoms with E-state index in [0.717, 1.165) is 21.1 Å². The molecule has 0 atom stereocenters. The third-order valence-corrected chi connectivity index (χ3v) is 5.16. The van der Waals surface area contributed by atoms with E-state index in [1.807, 2.05) is 36.4 Å². The summed E-state index contributed by atoms with van der Waals surface area (Å²) in [6, 6.07) is 12.9. The van der Waals surface area contributed by atoms with Gasteiger partial charge in [0.15, 0.2) is 5.78 Å². The highest BCUT2D eigenvalue weighted by atomic mass is 79.9. The topological polar surface area (TPSA) is 39.1 Å². The Morgan fingerprint density at radius 2 is 1.75 bits per heavy atom. The molecule has 0 saturated carbocycles. The fraction of sp³-hybridized carbons (Fsp3) is 0.158. The highest BCUT2D eigenvalue weighted by molar-refractivity contribution is 9.10. The minimum absolute atomic E-state index is 0.0304. The van der Waals surface area contributed by atoms with Crippen molar-refractivity contribution in [2.75, 3.05) is 5.88 Å². The molecular formula is C19H13BrClNO2. The van der Waals surface area contributed by atoms with Crippen molar-refractivity contribution in [2.24, 2.45) is 0 Å². The van der Waals surface area contributed by atoms with Crippen molar-refractivity contribution >= 4 is 44.1 Å². The summed E-state index contributed by atoms with van der Waals surface area (Å²) in [6.45, 7) is 0.498.